The quantitative estimate of drug-likeness (QED) is 0.337. The Kier molecular flexibility index (Phi) is 10.4. The van der Waals surface area contributed by atoms with Crippen molar-refractivity contribution in [3.63, 3.8) is 0 Å². The predicted molar refractivity (Wildman–Crippen MR) is 71.9 cm³/mol. The van der Waals surface area contributed by atoms with Gasteiger partial charge in [-0.2, -0.15) is 0 Å². The Labute approximate surface area is 106 Å². The van der Waals surface area contributed by atoms with E-state index < -0.39 is 13.5 Å². The predicted octanol–water partition coefficient (Wildman–Crippen LogP) is 4.13. The van der Waals surface area contributed by atoms with Crippen molar-refractivity contribution in [1.82, 2.24) is 0 Å². The van der Waals surface area contributed by atoms with Gasteiger partial charge in [-0.15, -0.1) is 0 Å². The van der Waals surface area contributed by atoms with E-state index in [1.165, 1.54) is 12.8 Å². The Morgan fingerprint density at radius 3 is 2.29 bits per heavy atom. The summed E-state index contributed by atoms with van der Waals surface area (Å²) in [5, 5.41) is 0. The molecule has 4 heteroatoms. The standard InChI is InChI=1S/C13H26O3P/c1-4-6-8-9-10-12(17(3)15)13(14)16-11-7-5-2/h12H,4-11H2,1-3H3/q+1. The van der Waals surface area contributed by atoms with Gasteiger partial charge in [-0.05, 0) is 12.8 Å². The van der Waals surface area contributed by atoms with Gasteiger partial charge in [0.05, 0.1) is 6.61 Å². The Morgan fingerprint density at radius 1 is 1.12 bits per heavy atom. The van der Waals surface area contributed by atoms with Gasteiger partial charge in [-0.25, -0.2) is 4.79 Å². The van der Waals surface area contributed by atoms with Crippen molar-refractivity contribution >= 4 is 13.8 Å². The topological polar surface area (TPSA) is 43.4 Å². The maximum atomic E-state index is 11.7. The molecule has 0 rings (SSSR count). The molecular formula is C13H26O3P+. The average Bonchev–Trinajstić information content (AvgIpc) is 2.28. The lowest BCUT2D eigenvalue weighted by Gasteiger charge is -2.07. The van der Waals surface area contributed by atoms with Crippen molar-refractivity contribution in [3.05, 3.63) is 0 Å². The van der Waals surface area contributed by atoms with Crippen molar-refractivity contribution in [3.8, 4) is 0 Å². The molecule has 0 fully saturated rings. The highest BCUT2D eigenvalue weighted by Gasteiger charge is 2.34. The molecule has 0 N–H and O–H groups in total. The molecule has 0 radical (unpaired) electrons. The second-order valence-corrected chi connectivity index (χ2v) is 6.15. The van der Waals surface area contributed by atoms with Crippen LogP contribution in [-0.2, 0) is 14.1 Å². The molecule has 2 atom stereocenters. The lowest BCUT2D eigenvalue weighted by molar-refractivity contribution is -0.143. The number of esters is 1. The smallest absolute Gasteiger partial charge is 0.358 e. The molecule has 0 heterocycles. The number of carbonyl (C=O) groups is 1. The molecule has 2 unspecified atom stereocenters. The molecule has 0 saturated heterocycles. The molecule has 0 aliphatic rings. The van der Waals surface area contributed by atoms with Crippen LogP contribution in [0.1, 0.15) is 58.8 Å². The first-order valence-corrected chi connectivity index (χ1v) is 8.47. The van der Waals surface area contributed by atoms with E-state index in [0.717, 1.165) is 25.7 Å². The summed E-state index contributed by atoms with van der Waals surface area (Å²) in [6.07, 6.45) is 7.02. The highest BCUT2D eigenvalue weighted by molar-refractivity contribution is 7.45. The first-order valence-electron chi connectivity index (χ1n) is 6.70. The summed E-state index contributed by atoms with van der Waals surface area (Å²) in [5.41, 5.74) is -0.390. The monoisotopic (exact) mass is 261 g/mol. The maximum absolute atomic E-state index is 11.7. The summed E-state index contributed by atoms with van der Waals surface area (Å²) < 4.78 is 16.7. The molecule has 0 aliphatic carbocycles. The normalized spacial score (nSPS) is 13.2. The molecular weight excluding hydrogens is 235 g/mol. The molecule has 17 heavy (non-hydrogen) atoms. The Balaban J connectivity index is 3.95. The summed E-state index contributed by atoms with van der Waals surface area (Å²) >= 11 is 0. The van der Waals surface area contributed by atoms with Crippen LogP contribution in [0.2, 0.25) is 0 Å². The van der Waals surface area contributed by atoms with E-state index in [1.807, 2.05) is 0 Å². The van der Waals surface area contributed by atoms with Crippen molar-refractivity contribution in [2.24, 2.45) is 0 Å². The third kappa shape index (κ3) is 8.31. The van der Waals surface area contributed by atoms with Crippen molar-refractivity contribution in [1.29, 1.82) is 0 Å². The van der Waals surface area contributed by atoms with Crippen molar-refractivity contribution < 1.29 is 14.1 Å². The molecule has 0 aliphatic heterocycles. The van der Waals surface area contributed by atoms with Crippen LogP contribution in [0.4, 0.5) is 0 Å². The Bertz CT molecular complexity index is 229. The summed E-state index contributed by atoms with van der Waals surface area (Å²) in [4.78, 5) is 11.7. The van der Waals surface area contributed by atoms with Crippen LogP contribution in [-0.4, -0.2) is 24.9 Å². The molecule has 0 aromatic carbocycles. The summed E-state index contributed by atoms with van der Waals surface area (Å²) in [6.45, 7) is 6.29. The molecule has 0 amide bonds. The first-order chi connectivity index (χ1) is 8.13. The molecule has 0 aromatic heterocycles. The van der Waals surface area contributed by atoms with Crippen LogP contribution < -0.4 is 0 Å². The van der Waals surface area contributed by atoms with E-state index in [0.29, 0.717) is 13.0 Å². The van der Waals surface area contributed by atoms with E-state index in [1.54, 1.807) is 6.66 Å². The van der Waals surface area contributed by atoms with Crippen molar-refractivity contribution in [2.45, 2.75) is 64.5 Å². The minimum atomic E-state index is -1.47. The van der Waals surface area contributed by atoms with Gasteiger partial charge in [-0.3, -0.25) is 0 Å². The highest BCUT2D eigenvalue weighted by atomic mass is 31.1. The van der Waals surface area contributed by atoms with Gasteiger partial charge in [0.1, 0.15) is 6.66 Å². The molecule has 0 aromatic rings. The zero-order chi connectivity index (χ0) is 13.1. The third-order valence-electron chi connectivity index (χ3n) is 2.78. The fourth-order valence-corrected chi connectivity index (χ4v) is 2.54. The fourth-order valence-electron chi connectivity index (χ4n) is 1.63. The lowest BCUT2D eigenvalue weighted by Crippen LogP contribution is -2.20. The molecule has 3 nitrogen and oxygen atoms in total. The SMILES string of the molecule is CCCCCCC(C(=O)OCCCC)[P+](C)=O. The number of unbranched alkanes of at least 4 members (excludes halogenated alkanes) is 4. The maximum Gasteiger partial charge on any atom is 0.358 e. The van der Waals surface area contributed by atoms with Gasteiger partial charge in [-0.1, -0.05) is 44.1 Å². The number of hydrogen-bond donors (Lipinski definition) is 0. The largest absolute Gasteiger partial charge is 0.462 e. The summed E-state index contributed by atoms with van der Waals surface area (Å²) in [7, 11) is -1.47. The number of ether oxygens (including phenoxy) is 1. The van der Waals surface area contributed by atoms with Gasteiger partial charge in [0.2, 0.25) is 0 Å². The third-order valence-corrected chi connectivity index (χ3v) is 4.13. The minimum absolute atomic E-state index is 0.265. The van der Waals surface area contributed by atoms with E-state index >= 15 is 0 Å². The Morgan fingerprint density at radius 2 is 1.76 bits per heavy atom. The number of carbonyl (C=O) groups excluding carboxylic acids is 1. The summed E-state index contributed by atoms with van der Waals surface area (Å²) in [5.74, 6) is -0.265. The molecule has 0 saturated carbocycles. The van der Waals surface area contributed by atoms with E-state index in [2.05, 4.69) is 13.8 Å². The van der Waals surface area contributed by atoms with Gasteiger partial charge in [0.25, 0.3) is 5.66 Å². The van der Waals surface area contributed by atoms with Crippen LogP contribution in [0.3, 0.4) is 0 Å². The molecule has 0 spiro atoms. The van der Waals surface area contributed by atoms with Crippen LogP contribution in [0.15, 0.2) is 0 Å². The van der Waals surface area contributed by atoms with Crippen LogP contribution in [0.5, 0.6) is 0 Å². The van der Waals surface area contributed by atoms with E-state index in [4.69, 9.17) is 4.74 Å². The van der Waals surface area contributed by atoms with Gasteiger partial charge < -0.3 is 4.74 Å². The van der Waals surface area contributed by atoms with Crippen LogP contribution >= 0.6 is 7.80 Å². The van der Waals surface area contributed by atoms with E-state index in [-0.39, 0.29) is 5.97 Å². The zero-order valence-electron chi connectivity index (χ0n) is 11.4. The Hall–Kier alpha value is -0.430. The zero-order valence-corrected chi connectivity index (χ0v) is 12.3. The van der Waals surface area contributed by atoms with Gasteiger partial charge >= 0.3 is 13.8 Å². The molecule has 0 bridgehead atoms. The van der Waals surface area contributed by atoms with E-state index in [9.17, 15) is 9.36 Å². The van der Waals surface area contributed by atoms with Crippen molar-refractivity contribution in [2.75, 3.05) is 13.3 Å². The van der Waals surface area contributed by atoms with Crippen LogP contribution in [0.25, 0.3) is 0 Å². The second kappa shape index (κ2) is 10.7. The first kappa shape index (κ1) is 16.6. The second-order valence-electron chi connectivity index (χ2n) is 4.43. The summed E-state index contributed by atoms with van der Waals surface area (Å²) in [6, 6.07) is 0. The molecule has 100 valence electrons. The van der Waals surface area contributed by atoms with Gasteiger partial charge in [0, 0.05) is 6.42 Å². The average molecular weight is 261 g/mol. The van der Waals surface area contributed by atoms with Crippen LogP contribution in [0, 0.1) is 0 Å². The lowest BCUT2D eigenvalue weighted by atomic mass is 10.1. The number of rotatable bonds is 10. The van der Waals surface area contributed by atoms with Gasteiger partial charge in [0.15, 0.2) is 0 Å². The fraction of sp³-hybridized carbons (Fsp3) is 0.923. The minimum Gasteiger partial charge on any atom is -0.462 e. The highest BCUT2D eigenvalue weighted by Crippen LogP contribution is 2.29. The number of hydrogen-bond acceptors (Lipinski definition) is 3.